The van der Waals surface area contributed by atoms with E-state index in [4.69, 9.17) is 4.74 Å². The van der Waals surface area contributed by atoms with Crippen molar-refractivity contribution in [1.29, 1.82) is 0 Å². The lowest BCUT2D eigenvalue weighted by atomic mass is 9.81. The van der Waals surface area contributed by atoms with Crippen LogP contribution in [0.25, 0.3) is 22.4 Å². The summed E-state index contributed by atoms with van der Waals surface area (Å²) in [5, 5.41) is 3.61. The zero-order chi connectivity index (χ0) is 19.9. The summed E-state index contributed by atoms with van der Waals surface area (Å²) in [6.45, 7) is 8.60. The first-order chi connectivity index (χ1) is 13.2. The molecule has 3 aromatic rings. The second-order valence-corrected chi connectivity index (χ2v) is 9.01. The van der Waals surface area contributed by atoms with Crippen LogP contribution in [0.4, 0.5) is 0 Å². The van der Waals surface area contributed by atoms with Crippen molar-refractivity contribution in [3.8, 4) is 11.4 Å². The number of benzene rings is 2. The van der Waals surface area contributed by atoms with Crippen LogP contribution in [-0.4, -0.2) is 33.1 Å². The normalized spacial score (nSPS) is 18.9. The number of H-pyrrole nitrogens is 1. The van der Waals surface area contributed by atoms with E-state index in [1.54, 1.807) is 0 Å². The summed E-state index contributed by atoms with van der Waals surface area (Å²) in [6, 6.07) is 15.4. The lowest BCUT2D eigenvalue weighted by Gasteiger charge is -2.45. The first-order valence-corrected chi connectivity index (χ1v) is 9.76. The number of esters is 1. The predicted octanol–water partition coefficient (Wildman–Crippen LogP) is 4.70. The number of fused-ring (bicyclic) bond motifs is 1. The zero-order valence-corrected chi connectivity index (χ0v) is 16.9. The van der Waals surface area contributed by atoms with E-state index in [0.717, 1.165) is 35.3 Å². The maximum Gasteiger partial charge on any atom is 0.338 e. The number of para-hydroxylation sites is 2. The van der Waals surface area contributed by atoms with Gasteiger partial charge in [-0.25, -0.2) is 9.78 Å². The number of piperidine rings is 1. The molecular weight excluding hydrogens is 350 g/mol. The topological polar surface area (TPSA) is 67.0 Å². The Morgan fingerprint density at radius 1 is 1.00 bits per heavy atom. The van der Waals surface area contributed by atoms with Gasteiger partial charge in [0.25, 0.3) is 0 Å². The van der Waals surface area contributed by atoms with Gasteiger partial charge in [-0.05, 0) is 52.0 Å². The molecule has 0 amide bonds. The lowest BCUT2D eigenvalue weighted by Crippen LogP contribution is -2.59. The van der Waals surface area contributed by atoms with Crippen molar-refractivity contribution in [2.24, 2.45) is 0 Å². The average Bonchev–Trinajstić information content (AvgIpc) is 3.03. The highest BCUT2D eigenvalue weighted by Gasteiger charge is 2.39. The molecule has 1 aliphatic heterocycles. The highest BCUT2D eigenvalue weighted by atomic mass is 16.5. The second-order valence-electron chi connectivity index (χ2n) is 9.01. The van der Waals surface area contributed by atoms with E-state index >= 15 is 0 Å². The smallest absolute Gasteiger partial charge is 0.338 e. The number of aromatic amines is 1. The van der Waals surface area contributed by atoms with Gasteiger partial charge in [-0.15, -0.1) is 0 Å². The number of rotatable bonds is 3. The van der Waals surface area contributed by atoms with Gasteiger partial charge < -0.3 is 15.0 Å². The van der Waals surface area contributed by atoms with E-state index in [2.05, 4.69) is 43.0 Å². The molecule has 28 heavy (non-hydrogen) atoms. The Labute approximate surface area is 165 Å². The standard InChI is InChI=1S/C23H27N3O2/c1-22(2)13-17(14-23(3,4)26-22)28-21(27)16-11-9-15(10-12-16)20-24-18-7-5-6-8-19(18)25-20/h5-12,17,26H,13-14H2,1-4H3,(H,24,25). The highest BCUT2D eigenvalue weighted by molar-refractivity contribution is 5.90. The van der Waals surface area contributed by atoms with Gasteiger partial charge in [0.2, 0.25) is 0 Å². The molecule has 0 saturated carbocycles. The largest absolute Gasteiger partial charge is 0.459 e. The molecular formula is C23H27N3O2. The van der Waals surface area contributed by atoms with Gasteiger partial charge in [0.05, 0.1) is 16.6 Å². The number of imidazole rings is 1. The summed E-state index contributed by atoms with van der Waals surface area (Å²) < 4.78 is 5.84. The molecule has 0 radical (unpaired) electrons. The Kier molecular flexibility index (Phi) is 4.50. The Bertz CT molecular complexity index is 953. The molecule has 0 aliphatic carbocycles. The fourth-order valence-corrected chi connectivity index (χ4v) is 4.39. The summed E-state index contributed by atoms with van der Waals surface area (Å²) >= 11 is 0. The number of nitrogens with one attached hydrogen (secondary N) is 2. The number of ether oxygens (including phenoxy) is 1. The molecule has 2 aromatic carbocycles. The third kappa shape index (κ3) is 3.94. The molecule has 1 fully saturated rings. The molecule has 2 heterocycles. The van der Waals surface area contributed by atoms with Gasteiger partial charge in [0.15, 0.2) is 0 Å². The Balaban J connectivity index is 1.48. The molecule has 0 spiro atoms. The van der Waals surface area contributed by atoms with E-state index in [1.165, 1.54) is 0 Å². The Morgan fingerprint density at radius 3 is 2.29 bits per heavy atom. The number of nitrogens with zero attached hydrogens (tertiary/aromatic N) is 1. The number of carbonyl (C=O) groups is 1. The van der Waals surface area contributed by atoms with Crippen LogP contribution in [0, 0.1) is 0 Å². The molecule has 0 unspecified atom stereocenters. The number of hydrogen-bond acceptors (Lipinski definition) is 4. The van der Waals surface area contributed by atoms with Crippen molar-refractivity contribution < 1.29 is 9.53 Å². The minimum absolute atomic E-state index is 0.0577. The zero-order valence-electron chi connectivity index (χ0n) is 16.9. The summed E-state index contributed by atoms with van der Waals surface area (Å²) in [4.78, 5) is 20.6. The van der Waals surface area contributed by atoms with Crippen LogP contribution in [0.15, 0.2) is 48.5 Å². The fraction of sp³-hybridized carbons (Fsp3) is 0.391. The van der Waals surface area contributed by atoms with Gasteiger partial charge in [-0.3, -0.25) is 0 Å². The molecule has 0 atom stereocenters. The minimum atomic E-state index is -0.269. The van der Waals surface area contributed by atoms with Crippen LogP contribution >= 0.6 is 0 Å². The summed E-state index contributed by atoms with van der Waals surface area (Å²) in [5.74, 6) is 0.526. The lowest BCUT2D eigenvalue weighted by molar-refractivity contribution is -0.00637. The van der Waals surface area contributed by atoms with E-state index in [0.29, 0.717) is 5.56 Å². The van der Waals surface area contributed by atoms with Crippen molar-refractivity contribution >= 4 is 17.0 Å². The molecule has 1 aromatic heterocycles. The average molecular weight is 377 g/mol. The highest BCUT2D eigenvalue weighted by Crippen LogP contribution is 2.31. The van der Waals surface area contributed by atoms with Gasteiger partial charge >= 0.3 is 5.97 Å². The molecule has 2 N–H and O–H groups in total. The van der Waals surface area contributed by atoms with Crippen LogP contribution in [0.1, 0.15) is 50.9 Å². The quantitative estimate of drug-likeness (QED) is 0.650. The molecule has 1 aliphatic rings. The monoisotopic (exact) mass is 377 g/mol. The maximum absolute atomic E-state index is 12.7. The SMILES string of the molecule is CC1(C)CC(OC(=O)c2ccc(-c3nc4ccccc4[nH]3)cc2)CC(C)(C)N1. The third-order valence-corrected chi connectivity index (χ3v) is 5.21. The number of aromatic nitrogens is 2. The van der Waals surface area contributed by atoms with E-state index < -0.39 is 0 Å². The van der Waals surface area contributed by atoms with E-state index in [9.17, 15) is 4.79 Å². The van der Waals surface area contributed by atoms with Crippen molar-refractivity contribution in [3.05, 3.63) is 54.1 Å². The molecule has 4 rings (SSSR count). The van der Waals surface area contributed by atoms with E-state index in [-0.39, 0.29) is 23.2 Å². The van der Waals surface area contributed by atoms with Gasteiger partial charge in [0, 0.05) is 29.5 Å². The molecule has 5 heteroatoms. The van der Waals surface area contributed by atoms with Crippen molar-refractivity contribution in [2.45, 2.75) is 57.7 Å². The third-order valence-electron chi connectivity index (χ3n) is 5.21. The molecule has 5 nitrogen and oxygen atoms in total. The Morgan fingerprint density at radius 2 is 1.64 bits per heavy atom. The number of hydrogen-bond donors (Lipinski definition) is 2. The van der Waals surface area contributed by atoms with Crippen molar-refractivity contribution in [3.63, 3.8) is 0 Å². The summed E-state index contributed by atoms with van der Waals surface area (Å²) in [7, 11) is 0. The number of carbonyl (C=O) groups excluding carboxylic acids is 1. The minimum Gasteiger partial charge on any atom is -0.459 e. The summed E-state index contributed by atoms with van der Waals surface area (Å²) in [5.41, 5.74) is 3.32. The fourth-order valence-electron chi connectivity index (χ4n) is 4.39. The van der Waals surface area contributed by atoms with Crippen LogP contribution in [0.3, 0.4) is 0 Å². The Hall–Kier alpha value is -2.66. The van der Waals surface area contributed by atoms with Gasteiger partial charge in [-0.1, -0.05) is 24.3 Å². The maximum atomic E-state index is 12.7. The first-order valence-electron chi connectivity index (χ1n) is 9.76. The van der Waals surface area contributed by atoms with Crippen LogP contribution < -0.4 is 5.32 Å². The van der Waals surface area contributed by atoms with Crippen molar-refractivity contribution in [1.82, 2.24) is 15.3 Å². The summed E-state index contributed by atoms with van der Waals surface area (Å²) in [6.07, 6.45) is 1.52. The van der Waals surface area contributed by atoms with Gasteiger partial charge in [-0.2, -0.15) is 0 Å². The van der Waals surface area contributed by atoms with Crippen LogP contribution in [0.5, 0.6) is 0 Å². The molecule has 146 valence electrons. The van der Waals surface area contributed by atoms with Crippen LogP contribution in [-0.2, 0) is 4.74 Å². The van der Waals surface area contributed by atoms with Crippen LogP contribution in [0.2, 0.25) is 0 Å². The predicted molar refractivity (Wildman–Crippen MR) is 111 cm³/mol. The van der Waals surface area contributed by atoms with Gasteiger partial charge in [0.1, 0.15) is 11.9 Å². The molecule has 0 bridgehead atoms. The van der Waals surface area contributed by atoms with Crippen molar-refractivity contribution in [2.75, 3.05) is 0 Å². The van der Waals surface area contributed by atoms with E-state index in [1.807, 2.05) is 48.5 Å². The first kappa shape index (κ1) is 18.7. The molecule has 1 saturated heterocycles. The second kappa shape index (κ2) is 6.74.